The van der Waals surface area contributed by atoms with Crippen LogP contribution in [-0.2, 0) is 17.0 Å². The number of carbonyl (C=O) groups excluding carboxylic acids is 2. The molecule has 2 aromatic carbocycles. The summed E-state index contributed by atoms with van der Waals surface area (Å²) < 4.78 is 0. The van der Waals surface area contributed by atoms with Crippen molar-refractivity contribution >= 4 is 35.0 Å². The second-order valence-electron chi connectivity index (χ2n) is 5.85. The Bertz CT molecular complexity index is 789. The summed E-state index contributed by atoms with van der Waals surface area (Å²) in [5, 5.41) is 2.95. The Balaban J connectivity index is 1.77. The van der Waals surface area contributed by atoms with Gasteiger partial charge in [0.25, 0.3) is 5.91 Å². The third-order valence-electron chi connectivity index (χ3n) is 4.11. The Kier molecular flexibility index (Phi) is 4.90. The molecular weight excluding hydrogens is 320 g/mol. The van der Waals surface area contributed by atoms with E-state index >= 15 is 0 Å². The van der Waals surface area contributed by atoms with Crippen LogP contribution in [0.25, 0.3) is 0 Å². The van der Waals surface area contributed by atoms with E-state index in [1.54, 1.807) is 29.7 Å². The van der Waals surface area contributed by atoms with Crippen LogP contribution in [0.15, 0.2) is 42.5 Å². The SMILES string of the molecule is CSCc1cccc(NC(=O)c2ccc3c(c2)CCN3C(C)=O)c1. The van der Waals surface area contributed by atoms with Gasteiger partial charge < -0.3 is 10.2 Å². The van der Waals surface area contributed by atoms with Gasteiger partial charge in [-0.1, -0.05) is 12.1 Å². The fourth-order valence-electron chi connectivity index (χ4n) is 2.98. The summed E-state index contributed by atoms with van der Waals surface area (Å²) in [6.45, 7) is 2.25. The average molecular weight is 340 g/mol. The van der Waals surface area contributed by atoms with Crippen molar-refractivity contribution in [2.24, 2.45) is 0 Å². The zero-order valence-electron chi connectivity index (χ0n) is 13.8. The summed E-state index contributed by atoms with van der Waals surface area (Å²) >= 11 is 1.75. The lowest BCUT2D eigenvalue weighted by Gasteiger charge is -2.15. The number of carbonyl (C=O) groups is 2. The van der Waals surface area contributed by atoms with E-state index in [0.29, 0.717) is 12.1 Å². The van der Waals surface area contributed by atoms with Crippen LogP contribution in [-0.4, -0.2) is 24.6 Å². The van der Waals surface area contributed by atoms with Gasteiger partial charge in [0.1, 0.15) is 0 Å². The first-order chi connectivity index (χ1) is 11.6. The average Bonchev–Trinajstić information content (AvgIpc) is 2.98. The van der Waals surface area contributed by atoms with Crippen LogP contribution >= 0.6 is 11.8 Å². The van der Waals surface area contributed by atoms with Gasteiger partial charge in [-0.2, -0.15) is 11.8 Å². The van der Waals surface area contributed by atoms with Crippen molar-refractivity contribution in [1.82, 2.24) is 0 Å². The molecule has 0 atom stereocenters. The maximum Gasteiger partial charge on any atom is 0.255 e. The van der Waals surface area contributed by atoms with Crippen molar-refractivity contribution < 1.29 is 9.59 Å². The lowest BCUT2D eigenvalue weighted by molar-refractivity contribution is -0.116. The Hall–Kier alpha value is -2.27. The number of amides is 2. The van der Waals surface area contributed by atoms with Gasteiger partial charge in [-0.15, -0.1) is 0 Å². The maximum atomic E-state index is 12.5. The molecule has 0 aromatic heterocycles. The standard InChI is InChI=1S/C19H20N2O2S/c1-13(22)21-9-8-15-11-16(6-7-18(15)21)19(23)20-17-5-3-4-14(10-17)12-24-2/h3-7,10-11H,8-9,12H2,1-2H3,(H,20,23). The van der Waals surface area contributed by atoms with Crippen molar-refractivity contribution in [3.05, 3.63) is 59.2 Å². The summed E-state index contributed by atoms with van der Waals surface area (Å²) in [5.41, 5.74) is 4.58. The smallest absolute Gasteiger partial charge is 0.255 e. The molecule has 0 bridgehead atoms. The predicted molar refractivity (Wildman–Crippen MR) is 99.8 cm³/mol. The second-order valence-corrected chi connectivity index (χ2v) is 6.72. The minimum Gasteiger partial charge on any atom is -0.322 e. The van der Waals surface area contributed by atoms with Crippen LogP contribution in [0.3, 0.4) is 0 Å². The zero-order valence-corrected chi connectivity index (χ0v) is 14.7. The van der Waals surface area contributed by atoms with E-state index < -0.39 is 0 Å². The number of fused-ring (bicyclic) bond motifs is 1. The molecule has 1 N–H and O–H groups in total. The lowest BCUT2D eigenvalue weighted by Crippen LogP contribution is -2.25. The minimum atomic E-state index is -0.125. The summed E-state index contributed by atoms with van der Waals surface area (Å²) in [6, 6.07) is 13.4. The van der Waals surface area contributed by atoms with Gasteiger partial charge in [0.2, 0.25) is 5.91 Å². The number of hydrogen-bond donors (Lipinski definition) is 1. The number of hydrogen-bond acceptors (Lipinski definition) is 3. The second kappa shape index (κ2) is 7.09. The monoisotopic (exact) mass is 340 g/mol. The number of thioether (sulfide) groups is 1. The van der Waals surface area contributed by atoms with E-state index in [4.69, 9.17) is 0 Å². The highest BCUT2D eigenvalue weighted by Gasteiger charge is 2.23. The quantitative estimate of drug-likeness (QED) is 0.923. The third-order valence-corrected chi connectivity index (χ3v) is 4.74. The molecule has 0 unspecified atom stereocenters. The van der Waals surface area contributed by atoms with Gasteiger partial charge in [-0.05, 0) is 54.1 Å². The minimum absolute atomic E-state index is 0.0385. The topological polar surface area (TPSA) is 49.4 Å². The van der Waals surface area contributed by atoms with Gasteiger partial charge in [0, 0.05) is 36.2 Å². The molecule has 124 valence electrons. The molecule has 4 nitrogen and oxygen atoms in total. The summed E-state index contributed by atoms with van der Waals surface area (Å²) in [6.07, 6.45) is 2.85. The molecule has 0 fully saturated rings. The maximum absolute atomic E-state index is 12.5. The van der Waals surface area contributed by atoms with E-state index in [0.717, 1.165) is 29.1 Å². The van der Waals surface area contributed by atoms with Gasteiger partial charge >= 0.3 is 0 Å². The van der Waals surface area contributed by atoms with E-state index in [1.165, 1.54) is 5.56 Å². The zero-order chi connectivity index (χ0) is 17.1. The molecule has 0 spiro atoms. The van der Waals surface area contributed by atoms with Crippen molar-refractivity contribution in [2.75, 3.05) is 23.0 Å². The molecule has 0 aliphatic carbocycles. The van der Waals surface area contributed by atoms with Crippen LogP contribution in [0, 0.1) is 0 Å². The normalized spacial score (nSPS) is 12.8. The number of rotatable bonds is 4. The first-order valence-corrected chi connectivity index (χ1v) is 9.28. The Morgan fingerprint density at radius 2 is 2.04 bits per heavy atom. The summed E-state index contributed by atoms with van der Waals surface area (Å²) in [5.74, 6) is 0.834. The van der Waals surface area contributed by atoms with Crippen LogP contribution < -0.4 is 10.2 Å². The van der Waals surface area contributed by atoms with E-state index in [9.17, 15) is 9.59 Å². The molecule has 0 saturated heterocycles. The van der Waals surface area contributed by atoms with Gasteiger partial charge in [-0.3, -0.25) is 9.59 Å². The largest absolute Gasteiger partial charge is 0.322 e. The Labute approximate surface area is 146 Å². The molecule has 0 saturated carbocycles. The van der Waals surface area contributed by atoms with Crippen molar-refractivity contribution in [3.8, 4) is 0 Å². The number of nitrogens with one attached hydrogen (secondary N) is 1. The molecule has 1 aliphatic rings. The highest BCUT2D eigenvalue weighted by atomic mass is 32.2. The van der Waals surface area contributed by atoms with Gasteiger partial charge in [-0.25, -0.2) is 0 Å². The molecule has 1 aliphatic heterocycles. The number of nitrogens with zero attached hydrogens (tertiary/aromatic N) is 1. The van der Waals surface area contributed by atoms with E-state index in [-0.39, 0.29) is 11.8 Å². The summed E-state index contributed by atoms with van der Waals surface area (Å²) in [4.78, 5) is 25.9. The number of anilines is 2. The van der Waals surface area contributed by atoms with E-state index in [1.807, 2.05) is 30.3 Å². The van der Waals surface area contributed by atoms with Crippen LogP contribution in [0.5, 0.6) is 0 Å². The first-order valence-electron chi connectivity index (χ1n) is 7.89. The van der Waals surface area contributed by atoms with Gasteiger partial charge in [0.15, 0.2) is 0 Å². The first kappa shape index (κ1) is 16.6. The summed E-state index contributed by atoms with van der Waals surface area (Å²) in [7, 11) is 0. The molecule has 2 amide bonds. The predicted octanol–water partition coefficient (Wildman–Crippen LogP) is 3.71. The molecule has 1 heterocycles. The molecule has 5 heteroatoms. The molecular formula is C19H20N2O2S. The fourth-order valence-corrected chi connectivity index (χ4v) is 3.49. The van der Waals surface area contributed by atoms with Crippen molar-refractivity contribution in [1.29, 1.82) is 0 Å². The van der Waals surface area contributed by atoms with Crippen molar-refractivity contribution in [3.63, 3.8) is 0 Å². The van der Waals surface area contributed by atoms with Crippen LogP contribution in [0.2, 0.25) is 0 Å². The van der Waals surface area contributed by atoms with Crippen LogP contribution in [0.1, 0.15) is 28.4 Å². The Morgan fingerprint density at radius 3 is 2.79 bits per heavy atom. The molecule has 24 heavy (non-hydrogen) atoms. The molecule has 0 radical (unpaired) electrons. The third kappa shape index (κ3) is 3.46. The van der Waals surface area contributed by atoms with Gasteiger partial charge in [0.05, 0.1) is 0 Å². The number of benzene rings is 2. The van der Waals surface area contributed by atoms with Crippen LogP contribution in [0.4, 0.5) is 11.4 Å². The van der Waals surface area contributed by atoms with Crippen molar-refractivity contribution in [2.45, 2.75) is 19.1 Å². The van der Waals surface area contributed by atoms with E-state index in [2.05, 4.69) is 17.6 Å². The molecule has 3 rings (SSSR count). The lowest BCUT2D eigenvalue weighted by atomic mass is 10.1. The highest BCUT2D eigenvalue weighted by Crippen LogP contribution is 2.29. The fraction of sp³-hybridized carbons (Fsp3) is 0.263. The molecule has 2 aromatic rings. The Morgan fingerprint density at radius 1 is 1.21 bits per heavy atom. The highest BCUT2D eigenvalue weighted by molar-refractivity contribution is 7.97.